The lowest BCUT2D eigenvalue weighted by atomic mass is 10.2. The molecule has 0 radical (unpaired) electrons. The van der Waals surface area contributed by atoms with Crippen LogP contribution in [0.2, 0.25) is 0 Å². The van der Waals surface area contributed by atoms with Gasteiger partial charge in [0.25, 0.3) is 0 Å². The van der Waals surface area contributed by atoms with Crippen LogP contribution in [-0.2, 0) is 17.1 Å². The molecule has 10 heteroatoms. The molecule has 21 heavy (non-hydrogen) atoms. The first-order valence-electron chi connectivity index (χ1n) is 6.04. The molecule has 3 N–H and O–H groups in total. The van der Waals surface area contributed by atoms with E-state index in [0.717, 1.165) is 6.26 Å². The van der Waals surface area contributed by atoms with E-state index in [1.165, 1.54) is 5.01 Å². The highest BCUT2D eigenvalue weighted by Gasteiger charge is 2.20. The molecule has 0 unspecified atom stereocenters. The first-order valence-corrected chi connectivity index (χ1v) is 7.93. The molecule has 0 atom stereocenters. The number of hydrogen-bond donors (Lipinski definition) is 2. The van der Waals surface area contributed by atoms with Gasteiger partial charge in [0.2, 0.25) is 16.0 Å². The minimum absolute atomic E-state index is 0.00283. The molecule has 2 heterocycles. The molecule has 0 aliphatic carbocycles. The van der Waals surface area contributed by atoms with Gasteiger partial charge in [-0.1, -0.05) is 0 Å². The van der Waals surface area contributed by atoms with Gasteiger partial charge in [-0.05, 0) is 6.92 Å². The van der Waals surface area contributed by atoms with E-state index in [0.29, 0.717) is 23.1 Å². The van der Waals surface area contributed by atoms with Crippen molar-refractivity contribution in [1.82, 2.24) is 19.4 Å². The van der Waals surface area contributed by atoms with E-state index in [9.17, 15) is 13.7 Å². The van der Waals surface area contributed by atoms with Crippen LogP contribution in [0.4, 0.5) is 11.8 Å². The van der Waals surface area contributed by atoms with Gasteiger partial charge in [0.15, 0.2) is 5.82 Å². The number of anilines is 2. The molecular formula is C11H15N7O2S. The average Bonchev–Trinajstić information content (AvgIpc) is 2.71. The van der Waals surface area contributed by atoms with Crippen molar-refractivity contribution in [1.29, 1.82) is 5.26 Å². The fraction of sp³-hybridized carbons (Fsp3) is 0.364. The van der Waals surface area contributed by atoms with Crippen LogP contribution >= 0.6 is 0 Å². The van der Waals surface area contributed by atoms with Crippen LogP contribution in [0, 0.1) is 11.3 Å². The summed E-state index contributed by atoms with van der Waals surface area (Å²) in [4.78, 5) is 10.5. The first-order chi connectivity index (χ1) is 9.76. The van der Waals surface area contributed by atoms with Gasteiger partial charge in [0.1, 0.15) is 11.7 Å². The van der Waals surface area contributed by atoms with Crippen molar-refractivity contribution < 1.29 is 8.42 Å². The SMILES string of the molecule is CCN(NS(C)(=O)=O)c1nc(N)nc2c1c(C#N)cn2C. The van der Waals surface area contributed by atoms with E-state index in [-0.39, 0.29) is 11.8 Å². The maximum atomic E-state index is 11.5. The van der Waals surface area contributed by atoms with Crippen molar-refractivity contribution in [2.24, 2.45) is 7.05 Å². The van der Waals surface area contributed by atoms with Crippen molar-refractivity contribution in [3.63, 3.8) is 0 Å². The molecule has 0 aliphatic rings. The second-order valence-electron chi connectivity index (χ2n) is 4.48. The van der Waals surface area contributed by atoms with Gasteiger partial charge in [-0.25, -0.2) is 8.42 Å². The van der Waals surface area contributed by atoms with Crippen LogP contribution in [0.1, 0.15) is 12.5 Å². The molecule has 0 saturated heterocycles. The number of nitrogens with zero attached hydrogens (tertiary/aromatic N) is 5. The third-order valence-corrected chi connectivity index (χ3v) is 3.33. The molecule has 2 aromatic heterocycles. The number of rotatable bonds is 4. The Kier molecular flexibility index (Phi) is 3.71. The molecule has 0 bridgehead atoms. The normalized spacial score (nSPS) is 11.5. The lowest BCUT2D eigenvalue weighted by Crippen LogP contribution is -2.42. The number of hydrogen-bond acceptors (Lipinski definition) is 7. The number of sulfonamides is 1. The molecule has 0 spiro atoms. The zero-order valence-corrected chi connectivity index (χ0v) is 12.6. The zero-order valence-electron chi connectivity index (χ0n) is 11.8. The van der Waals surface area contributed by atoms with E-state index >= 15 is 0 Å². The summed E-state index contributed by atoms with van der Waals surface area (Å²) >= 11 is 0. The van der Waals surface area contributed by atoms with Crippen LogP contribution in [-0.4, -0.2) is 35.8 Å². The molecule has 0 fully saturated rings. The molecule has 112 valence electrons. The summed E-state index contributed by atoms with van der Waals surface area (Å²) in [5, 5.41) is 11.0. The number of nitrogen functional groups attached to an aromatic ring is 1. The van der Waals surface area contributed by atoms with Crippen LogP contribution in [0.25, 0.3) is 11.0 Å². The number of nitrogens with one attached hydrogen (secondary N) is 1. The number of hydrazine groups is 1. The minimum Gasteiger partial charge on any atom is -0.368 e. The van der Waals surface area contributed by atoms with Gasteiger partial charge in [-0.15, -0.1) is 4.83 Å². The molecule has 0 aromatic carbocycles. The predicted molar refractivity (Wildman–Crippen MR) is 78.6 cm³/mol. The van der Waals surface area contributed by atoms with Crippen LogP contribution < -0.4 is 15.6 Å². The zero-order chi connectivity index (χ0) is 15.8. The van der Waals surface area contributed by atoms with E-state index in [1.54, 1.807) is 24.7 Å². The second kappa shape index (κ2) is 5.19. The highest BCUT2D eigenvalue weighted by molar-refractivity contribution is 7.88. The number of fused-ring (bicyclic) bond motifs is 1. The molecule has 0 amide bonds. The summed E-state index contributed by atoms with van der Waals surface area (Å²) in [5.74, 6) is 0.250. The van der Waals surface area contributed by atoms with Crippen molar-refractivity contribution in [2.75, 3.05) is 23.5 Å². The van der Waals surface area contributed by atoms with Gasteiger partial charge >= 0.3 is 0 Å². The molecule has 2 rings (SSSR count). The van der Waals surface area contributed by atoms with E-state index in [1.807, 2.05) is 6.07 Å². The summed E-state index contributed by atoms with van der Waals surface area (Å²) in [6.07, 6.45) is 2.63. The maximum absolute atomic E-state index is 11.5. The van der Waals surface area contributed by atoms with Gasteiger partial charge in [-0.2, -0.15) is 15.2 Å². The van der Waals surface area contributed by atoms with Gasteiger partial charge < -0.3 is 10.3 Å². The fourth-order valence-electron chi connectivity index (χ4n) is 2.01. The Morgan fingerprint density at radius 3 is 2.71 bits per heavy atom. The third kappa shape index (κ3) is 2.88. The lowest BCUT2D eigenvalue weighted by Gasteiger charge is -2.22. The first kappa shape index (κ1) is 15.0. The third-order valence-electron chi connectivity index (χ3n) is 2.78. The summed E-state index contributed by atoms with van der Waals surface area (Å²) in [7, 11) is -1.77. The van der Waals surface area contributed by atoms with E-state index < -0.39 is 10.0 Å². The second-order valence-corrected chi connectivity index (χ2v) is 6.20. The highest BCUT2D eigenvalue weighted by Crippen LogP contribution is 2.28. The molecular weight excluding hydrogens is 294 g/mol. The maximum Gasteiger partial charge on any atom is 0.225 e. The Labute approximate surface area is 122 Å². The van der Waals surface area contributed by atoms with Crippen molar-refractivity contribution >= 4 is 32.8 Å². The minimum atomic E-state index is -3.49. The Balaban J connectivity index is 2.75. The fourth-order valence-corrected chi connectivity index (χ4v) is 2.62. The van der Waals surface area contributed by atoms with Gasteiger partial charge in [0.05, 0.1) is 17.2 Å². The largest absolute Gasteiger partial charge is 0.368 e. The van der Waals surface area contributed by atoms with E-state index in [4.69, 9.17) is 5.73 Å². The topological polar surface area (TPSA) is 130 Å². The number of nitriles is 1. The van der Waals surface area contributed by atoms with Gasteiger partial charge in [0, 0.05) is 19.8 Å². The van der Waals surface area contributed by atoms with Crippen LogP contribution in [0.5, 0.6) is 0 Å². The Bertz CT molecular complexity index is 834. The predicted octanol–water partition coefficient (Wildman–Crippen LogP) is -0.287. The number of aromatic nitrogens is 3. The molecule has 0 aliphatic heterocycles. The van der Waals surface area contributed by atoms with Gasteiger partial charge in [-0.3, -0.25) is 5.01 Å². The highest BCUT2D eigenvalue weighted by atomic mass is 32.2. The van der Waals surface area contributed by atoms with Crippen molar-refractivity contribution in [3.8, 4) is 6.07 Å². The summed E-state index contributed by atoms with van der Waals surface area (Å²) in [5.41, 5.74) is 6.48. The molecule has 2 aromatic rings. The number of nitrogens with two attached hydrogens (primary N) is 1. The van der Waals surface area contributed by atoms with Crippen molar-refractivity contribution in [3.05, 3.63) is 11.8 Å². The summed E-state index contributed by atoms with van der Waals surface area (Å²) in [6.45, 7) is 2.05. The van der Waals surface area contributed by atoms with E-state index in [2.05, 4.69) is 14.8 Å². The van der Waals surface area contributed by atoms with Crippen LogP contribution in [0.3, 0.4) is 0 Å². The summed E-state index contributed by atoms with van der Waals surface area (Å²) < 4.78 is 24.6. The standard InChI is InChI=1S/C11H15N7O2S/c1-4-18(16-21(3,19)20)10-8-7(5-12)6-17(2)9(8)14-11(13)15-10/h6,16H,4H2,1-3H3,(H2,13,14,15). The average molecular weight is 309 g/mol. The quantitative estimate of drug-likeness (QED) is 0.742. The Hall–Kier alpha value is -2.38. The smallest absolute Gasteiger partial charge is 0.225 e. The summed E-state index contributed by atoms with van der Waals surface area (Å²) in [6, 6.07) is 2.05. The Morgan fingerprint density at radius 1 is 1.52 bits per heavy atom. The molecule has 9 nitrogen and oxygen atoms in total. The monoisotopic (exact) mass is 309 g/mol. The molecule has 0 saturated carbocycles. The van der Waals surface area contributed by atoms with Crippen LogP contribution in [0.15, 0.2) is 6.20 Å². The van der Waals surface area contributed by atoms with Crippen molar-refractivity contribution in [2.45, 2.75) is 6.92 Å². The lowest BCUT2D eigenvalue weighted by molar-refractivity contribution is 0.582. The Morgan fingerprint density at radius 2 is 2.19 bits per heavy atom. The number of aryl methyl sites for hydroxylation is 1.